The van der Waals surface area contributed by atoms with Gasteiger partial charge in [0.2, 0.25) is 0 Å². The number of benzene rings is 12. The third-order valence-electron chi connectivity index (χ3n) is 12.2. The van der Waals surface area contributed by atoms with Gasteiger partial charge in [-0.25, -0.2) is 0 Å². The van der Waals surface area contributed by atoms with Crippen molar-refractivity contribution in [1.82, 2.24) is 0 Å². The summed E-state index contributed by atoms with van der Waals surface area (Å²) >= 11 is 19.1. The molecule has 89 heavy (non-hydrogen) atoms. The molecule has 15 heteroatoms. The topological polar surface area (TPSA) is 0 Å². The minimum absolute atomic E-state index is 0. The predicted molar refractivity (Wildman–Crippen MR) is 388 cm³/mol. The SMILES string of the molecule is ClCCl.ClCCl.[Cl-].[Cl-].[Hg+2].[Pt+2].[Pt+2].[S-2].[S-2].c1ccc(P(c2ccccc2)c2ccccc2)cc1.c1ccc(P(c2ccccc2)c2ccccc2)cc1.c1ccc(P(c2ccccc2)c2ccccc2)cc1.c1ccc(P(c2ccccc2)c2ccccc2)cc1. The Morgan fingerprint density at radius 1 is 0.169 bits per heavy atom. The standard InChI is InChI=1S/4C18H15P.2CH2Cl2.2ClH.Hg.2Pt.2S/c4*1-4-10-16(11-5-1)19(17-12-6-2-7-13-17)18-14-8-3-9-15-18;2*2-1-3;;;;;;;/h4*1-15H;2*1H2;2*1H;;;;;/q;;;;;;;;3*+2;2*-2/p-2. The predicted octanol–water partition coefficient (Wildman–Crippen LogP) is 10.6. The first-order valence-electron chi connectivity index (χ1n) is 26.7. The van der Waals surface area contributed by atoms with E-state index >= 15 is 0 Å². The molecular weight excluding hydrogens is 1880 g/mol. The van der Waals surface area contributed by atoms with Crippen molar-refractivity contribution in [3.05, 3.63) is 364 Å². The van der Waals surface area contributed by atoms with Crippen LogP contribution in [-0.4, -0.2) is 10.7 Å². The quantitative estimate of drug-likeness (QED) is 0.0650. The van der Waals surface area contributed by atoms with Crippen molar-refractivity contribution < 1.29 is 94.6 Å². The zero-order valence-electron chi connectivity index (χ0n) is 48.3. The average molecular weight is 1940 g/mol. The molecule has 0 N–H and O–H groups in total. The van der Waals surface area contributed by atoms with E-state index in [9.17, 15) is 0 Å². The molecule has 0 radical (unpaired) electrons. The zero-order chi connectivity index (χ0) is 57.1. The van der Waals surface area contributed by atoms with Crippen LogP contribution < -0.4 is 88.5 Å². The van der Waals surface area contributed by atoms with Gasteiger partial charge in [-0.15, -0.1) is 46.4 Å². The fourth-order valence-corrected chi connectivity index (χ4v) is 17.9. The number of rotatable bonds is 12. The Hall–Kier alpha value is -2.89. The van der Waals surface area contributed by atoms with Crippen molar-refractivity contribution >= 4 is 169 Å². The van der Waals surface area contributed by atoms with E-state index in [1.165, 1.54) is 63.7 Å². The molecule has 0 amide bonds. The molecule has 0 aromatic heterocycles. The molecule has 0 heterocycles. The summed E-state index contributed by atoms with van der Waals surface area (Å²) in [7, 11) is -1.78. The molecule has 12 aromatic rings. The Morgan fingerprint density at radius 3 is 0.281 bits per heavy atom. The third kappa shape index (κ3) is 29.5. The Morgan fingerprint density at radius 2 is 0.225 bits per heavy atom. The van der Waals surface area contributed by atoms with Crippen LogP contribution in [0.3, 0.4) is 0 Å². The second-order valence-corrected chi connectivity index (χ2v) is 28.1. The Bertz CT molecular complexity index is 2670. The molecule has 0 fully saturated rings. The maximum absolute atomic E-state index is 4.76. The molecule has 0 aliphatic rings. The van der Waals surface area contributed by atoms with Crippen LogP contribution in [0.25, 0.3) is 0 Å². The van der Waals surface area contributed by atoms with Crippen LogP contribution in [-0.2, 0) is 96.8 Å². The van der Waals surface area contributed by atoms with E-state index in [0.717, 1.165) is 0 Å². The molecule has 12 aromatic carbocycles. The molecule has 0 saturated heterocycles. The molecule has 0 nitrogen and oxygen atoms in total. The second-order valence-electron chi connectivity index (χ2n) is 17.6. The van der Waals surface area contributed by atoms with Gasteiger partial charge in [-0.1, -0.05) is 364 Å². The van der Waals surface area contributed by atoms with Crippen LogP contribution in [0.5, 0.6) is 0 Å². The first-order chi connectivity index (χ1) is 40.6. The summed E-state index contributed by atoms with van der Waals surface area (Å²) in [6.07, 6.45) is 0. The van der Waals surface area contributed by atoms with E-state index in [2.05, 4.69) is 364 Å². The van der Waals surface area contributed by atoms with Gasteiger partial charge in [0.25, 0.3) is 0 Å². The molecule has 0 atom stereocenters. The second kappa shape index (κ2) is 52.5. The number of alkyl halides is 4. The normalized spacial score (nSPS) is 9.44. The van der Waals surface area contributed by atoms with Crippen molar-refractivity contribution in [3.8, 4) is 0 Å². The number of hydrogen-bond acceptors (Lipinski definition) is 0. The molecular formula is C74H64Cl6HgP4Pt2S2. The van der Waals surface area contributed by atoms with Crippen molar-refractivity contribution in [2.24, 2.45) is 0 Å². The Balaban J connectivity index is 0.00000110. The fraction of sp³-hybridized carbons (Fsp3) is 0.0270. The first-order valence-corrected chi connectivity index (χ1v) is 34.2. The Labute approximate surface area is 630 Å². The minimum Gasteiger partial charge on any atom is -2.00 e. The molecule has 0 unspecified atom stereocenters. The van der Waals surface area contributed by atoms with E-state index in [1.54, 1.807) is 0 Å². The summed E-state index contributed by atoms with van der Waals surface area (Å²) in [5.74, 6) is 0. The monoisotopic (exact) mass is 1940 g/mol. The van der Waals surface area contributed by atoms with Gasteiger partial charge in [0.15, 0.2) is 0 Å². The van der Waals surface area contributed by atoms with E-state index in [1.807, 2.05) is 0 Å². The minimum atomic E-state index is -0.446. The van der Waals surface area contributed by atoms with Gasteiger partial charge in [0.05, 0.1) is 10.7 Å². The van der Waals surface area contributed by atoms with Crippen LogP contribution in [0.15, 0.2) is 364 Å². The summed E-state index contributed by atoms with van der Waals surface area (Å²) in [6.45, 7) is 0. The maximum Gasteiger partial charge on any atom is 2.00 e. The molecule has 12 rings (SSSR count). The molecule has 456 valence electrons. The van der Waals surface area contributed by atoms with Gasteiger partial charge in [-0.2, -0.15) is 0 Å². The molecule has 0 spiro atoms. The summed E-state index contributed by atoms with van der Waals surface area (Å²) in [5.41, 5.74) is 0. The van der Waals surface area contributed by atoms with Crippen molar-refractivity contribution in [1.29, 1.82) is 0 Å². The fourth-order valence-electron chi connectivity index (χ4n) is 8.71. The van der Waals surface area contributed by atoms with E-state index < -0.39 is 31.7 Å². The summed E-state index contributed by atoms with van der Waals surface area (Å²) in [4.78, 5) is 0. The summed E-state index contributed by atoms with van der Waals surface area (Å²) < 4.78 is 0. The van der Waals surface area contributed by atoms with Crippen LogP contribution in [0.1, 0.15) is 0 Å². The Kier molecular flexibility index (Phi) is 50.8. The smallest absolute Gasteiger partial charge is 2.00 e. The maximum atomic E-state index is 4.76. The summed E-state index contributed by atoms with van der Waals surface area (Å²) in [5, 5.41) is 17.2. The van der Waals surface area contributed by atoms with Gasteiger partial charge >= 0.3 is 69.8 Å². The van der Waals surface area contributed by atoms with Crippen molar-refractivity contribution in [3.63, 3.8) is 0 Å². The first kappa shape index (κ1) is 86.1. The largest absolute Gasteiger partial charge is 2.00 e. The molecule has 0 bridgehead atoms. The van der Waals surface area contributed by atoms with Gasteiger partial charge < -0.3 is 51.8 Å². The van der Waals surface area contributed by atoms with E-state index in [-0.39, 0.29) is 132 Å². The van der Waals surface area contributed by atoms with Crippen LogP contribution in [0.4, 0.5) is 0 Å². The van der Waals surface area contributed by atoms with Crippen molar-refractivity contribution in [2.45, 2.75) is 0 Å². The number of hydrogen-bond donors (Lipinski definition) is 0. The molecule has 0 aliphatic carbocycles. The van der Waals surface area contributed by atoms with Crippen molar-refractivity contribution in [2.75, 3.05) is 10.7 Å². The van der Waals surface area contributed by atoms with E-state index in [0.29, 0.717) is 0 Å². The van der Waals surface area contributed by atoms with Gasteiger partial charge in [-0.05, 0) is 95.3 Å². The average Bonchev–Trinajstić information content (AvgIpc) is 3.13. The van der Waals surface area contributed by atoms with Crippen LogP contribution in [0, 0.1) is 0 Å². The zero-order valence-corrected chi connectivity index (χ0v) is 68.1. The molecule has 0 saturated carbocycles. The van der Waals surface area contributed by atoms with Gasteiger partial charge in [-0.3, -0.25) is 0 Å². The van der Waals surface area contributed by atoms with Crippen LogP contribution in [0.2, 0.25) is 0 Å². The van der Waals surface area contributed by atoms with Gasteiger partial charge in [0.1, 0.15) is 0 Å². The summed E-state index contributed by atoms with van der Waals surface area (Å²) in [6, 6.07) is 129. The third-order valence-corrected chi connectivity index (χ3v) is 21.9. The number of halogens is 6. The van der Waals surface area contributed by atoms with E-state index in [4.69, 9.17) is 46.4 Å². The van der Waals surface area contributed by atoms with Gasteiger partial charge in [0, 0.05) is 0 Å². The molecule has 0 aliphatic heterocycles. The van der Waals surface area contributed by atoms with Crippen LogP contribution >= 0.6 is 78.1 Å².